The first-order chi connectivity index (χ1) is 16.8. The number of nitrogens with zero attached hydrogens (tertiary/aromatic N) is 2. The van der Waals surface area contributed by atoms with Gasteiger partial charge in [-0.3, -0.25) is 9.78 Å². The number of rotatable bonds is 9. The summed E-state index contributed by atoms with van der Waals surface area (Å²) in [5.74, 6) is -8.10. The molecule has 0 fully saturated rings. The van der Waals surface area contributed by atoms with Crippen molar-refractivity contribution in [3.8, 4) is 17.4 Å². The summed E-state index contributed by atoms with van der Waals surface area (Å²) >= 11 is 11.9. The molecule has 0 bridgehead atoms. The smallest absolute Gasteiger partial charge is 0.340 e. The number of hydrogen-bond donors (Lipinski definition) is 1. The van der Waals surface area contributed by atoms with E-state index in [9.17, 15) is 35.2 Å². The molecule has 8 nitrogen and oxygen atoms in total. The predicted molar refractivity (Wildman–Crippen MR) is 116 cm³/mol. The van der Waals surface area contributed by atoms with Crippen LogP contribution in [0.3, 0.4) is 0 Å². The maximum absolute atomic E-state index is 14.6. The molecule has 0 spiro atoms. The Morgan fingerprint density at radius 3 is 2.47 bits per heavy atom. The highest BCUT2D eigenvalue weighted by molar-refractivity contribution is 7.90. The van der Waals surface area contributed by atoms with Gasteiger partial charge >= 0.3 is 12.3 Å². The fourth-order valence-electron chi connectivity index (χ4n) is 2.45. The van der Waals surface area contributed by atoms with Crippen LogP contribution in [-0.2, 0) is 10.0 Å². The van der Waals surface area contributed by atoms with E-state index >= 15 is 0 Å². The summed E-state index contributed by atoms with van der Waals surface area (Å²) < 4.78 is 101. The molecule has 0 aliphatic rings. The minimum absolute atomic E-state index is 0.189. The summed E-state index contributed by atoms with van der Waals surface area (Å²) in [6, 6.07) is 4.97. The van der Waals surface area contributed by atoms with E-state index in [0.717, 1.165) is 24.5 Å². The van der Waals surface area contributed by atoms with Crippen LogP contribution in [0.25, 0.3) is 0 Å². The molecule has 0 atom stereocenters. The van der Waals surface area contributed by atoms with Crippen molar-refractivity contribution in [3.05, 3.63) is 70.3 Å². The van der Waals surface area contributed by atoms with Crippen LogP contribution in [0.1, 0.15) is 10.4 Å². The van der Waals surface area contributed by atoms with Crippen molar-refractivity contribution in [1.82, 2.24) is 14.7 Å². The summed E-state index contributed by atoms with van der Waals surface area (Å²) in [5, 5.41) is -0.723. The lowest BCUT2D eigenvalue weighted by Crippen LogP contribution is -2.33. The lowest BCUT2D eigenvalue weighted by atomic mass is 10.2. The molecule has 16 heteroatoms. The number of aromatic nitrogens is 2. The molecule has 3 aromatic rings. The second-order valence-corrected chi connectivity index (χ2v) is 9.29. The molecule has 0 unspecified atom stereocenters. The number of amides is 1. The highest BCUT2D eigenvalue weighted by Gasteiger charge is 2.42. The van der Waals surface area contributed by atoms with Crippen molar-refractivity contribution in [3.63, 3.8) is 0 Å². The van der Waals surface area contributed by atoms with Crippen molar-refractivity contribution < 1.29 is 44.6 Å². The molecule has 192 valence electrons. The molecule has 1 amide bonds. The van der Waals surface area contributed by atoms with E-state index in [1.54, 1.807) is 4.72 Å². The molecule has 3 rings (SSSR count). The van der Waals surface area contributed by atoms with Gasteiger partial charge in [-0.2, -0.15) is 8.78 Å². The number of carbonyl (C=O) groups excluding carboxylic acids is 1. The van der Waals surface area contributed by atoms with Crippen LogP contribution in [0, 0.1) is 5.82 Å². The van der Waals surface area contributed by atoms with Crippen LogP contribution in [0.5, 0.6) is 17.4 Å². The fourth-order valence-corrected chi connectivity index (χ4v) is 3.79. The van der Waals surface area contributed by atoms with Crippen LogP contribution in [-0.4, -0.2) is 43.2 Å². The number of sulfonamides is 1. The maximum atomic E-state index is 14.6. The van der Waals surface area contributed by atoms with Crippen LogP contribution in [0.4, 0.5) is 22.0 Å². The largest absolute Gasteiger partial charge is 0.470 e. The number of hydrogen-bond acceptors (Lipinski definition) is 7. The van der Waals surface area contributed by atoms with Crippen LogP contribution >= 0.6 is 23.2 Å². The van der Waals surface area contributed by atoms with E-state index in [1.165, 1.54) is 18.3 Å². The molecule has 36 heavy (non-hydrogen) atoms. The third kappa shape index (κ3) is 6.50. The normalized spacial score (nSPS) is 11.9. The topological polar surface area (TPSA) is 107 Å². The fraction of sp³-hybridized carbons (Fsp3) is 0.150. The van der Waals surface area contributed by atoms with Gasteiger partial charge in [-0.15, -0.1) is 0 Å². The molecular weight excluding hydrogens is 560 g/mol. The number of carbonyl (C=O) groups is 1. The number of pyridine rings is 2. The van der Waals surface area contributed by atoms with Crippen molar-refractivity contribution in [2.45, 2.75) is 17.2 Å². The van der Waals surface area contributed by atoms with Crippen LogP contribution < -0.4 is 14.2 Å². The number of alkyl halides is 4. The van der Waals surface area contributed by atoms with E-state index in [-0.39, 0.29) is 21.4 Å². The molecule has 2 heterocycles. The summed E-state index contributed by atoms with van der Waals surface area (Å²) in [4.78, 5) is 19.2. The third-order valence-corrected chi connectivity index (χ3v) is 6.05. The Balaban J connectivity index is 1.75. The SMILES string of the molecule is O=C(NS(=O)(=O)c1cccnc1)c1cc(Cl)c(Oc2cnc(OCC(F)(F)C(F)F)c(Cl)c2)cc1F. The first-order valence-corrected chi connectivity index (χ1v) is 11.6. The Morgan fingerprint density at radius 1 is 1.14 bits per heavy atom. The molecule has 0 aliphatic carbocycles. The van der Waals surface area contributed by atoms with E-state index in [4.69, 9.17) is 27.9 Å². The summed E-state index contributed by atoms with van der Waals surface area (Å²) in [5.41, 5.74) is -0.723. The average Bonchev–Trinajstić information content (AvgIpc) is 2.80. The summed E-state index contributed by atoms with van der Waals surface area (Å²) in [7, 11) is -4.35. The van der Waals surface area contributed by atoms with Crippen LogP contribution in [0.2, 0.25) is 10.0 Å². The highest BCUT2D eigenvalue weighted by Crippen LogP contribution is 2.35. The summed E-state index contributed by atoms with van der Waals surface area (Å²) in [6.45, 7) is -1.69. The quantitative estimate of drug-likeness (QED) is 0.355. The zero-order chi connectivity index (χ0) is 26.7. The van der Waals surface area contributed by atoms with E-state index in [1.807, 2.05) is 0 Å². The molecule has 0 saturated heterocycles. The van der Waals surface area contributed by atoms with E-state index in [2.05, 4.69) is 14.7 Å². The zero-order valence-electron chi connectivity index (χ0n) is 17.4. The van der Waals surface area contributed by atoms with Gasteiger partial charge < -0.3 is 9.47 Å². The second kappa shape index (κ2) is 10.8. The summed E-state index contributed by atoms with van der Waals surface area (Å²) in [6.07, 6.45) is -0.766. The molecule has 0 saturated carbocycles. The van der Waals surface area contributed by atoms with Gasteiger partial charge in [0.05, 0.1) is 16.8 Å². The molecular formula is C20H12Cl2F5N3O5S. The molecule has 1 aromatic carbocycles. The van der Waals surface area contributed by atoms with Crippen molar-refractivity contribution >= 4 is 39.1 Å². The predicted octanol–water partition coefficient (Wildman–Crippen LogP) is 5.11. The maximum Gasteiger partial charge on any atom is 0.340 e. The Bertz CT molecular complexity index is 1380. The standard InChI is InChI=1S/C20H12Cl2F5N3O5S/c21-13-5-12(17(31)30-36(32,33)11-2-1-3-28-8-11)15(23)6-16(13)35-10-4-14(22)18(29-7-10)34-9-20(26,27)19(24)25/h1-8,19H,9H2,(H,30,31). The van der Waals surface area contributed by atoms with Gasteiger partial charge in [-0.05, 0) is 18.2 Å². The lowest BCUT2D eigenvalue weighted by molar-refractivity contribution is -0.148. The number of ether oxygens (including phenoxy) is 2. The third-order valence-electron chi connectivity index (χ3n) is 4.17. The van der Waals surface area contributed by atoms with Gasteiger partial charge in [0.25, 0.3) is 15.9 Å². The van der Waals surface area contributed by atoms with Gasteiger partial charge in [0.1, 0.15) is 27.2 Å². The number of nitrogens with one attached hydrogen (secondary N) is 1. The van der Waals surface area contributed by atoms with E-state index < -0.39 is 57.2 Å². The number of benzene rings is 1. The molecule has 0 aliphatic heterocycles. The van der Waals surface area contributed by atoms with Gasteiger partial charge in [-0.1, -0.05) is 23.2 Å². The second-order valence-electron chi connectivity index (χ2n) is 6.80. The Morgan fingerprint density at radius 2 is 1.86 bits per heavy atom. The Kier molecular flexibility index (Phi) is 8.21. The average molecular weight is 572 g/mol. The minimum atomic E-state index is -4.43. The monoisotopic (exact) mass is 571 g/mol. The Labute approximate surface area is 210 Å². The van der Waals surface area contributed by atoms with Gasteiger partial charge in [0, 0.05) is 24.5 Å². The lowest BCUT2D eigenvalue weighted by Gasteiger charge is -2.16. The van der Waals surface area contributed by atoms with Gasteiger partial charge in [0.2, 0.25) is 5.88 Å². The number of halogens is 7. The van der Waals surface area contributed by atoms with Crippen molar-refractivity contribution in [1.29, 1.82) is 0 Å². The van der Waals surface area contributed by atoms with Crippen molar-refractivity contribution in [2.24, 2.45) is 0 Å². The first-order valence-electron chi connectivity index (χ1n) is 9.38. The van der Waals surface area contributed by atoms with Gasteiger partial charge in [-0.25, -0.2) is 31.3 Å². The highest BCUT2D eigenvalue weighted by atomic mass is 35.5. The van der Waals surface area contributed by atoms with Gasteiger partial charge in [0.15, 0.2) is 6.61 Å². The van der Waals surface area contributed by atoms with E-state index in [0.29, 0.717) is 6.07 Å². The minimum Gasteiger partial charge on any atom is -0.470 e. The molecule has 0 radical (unpaired) electrons. The van der Waals surface area contributed by atoms with Crippen molar-refractivity contribution in [2.75, 3.05) is 6.61 Å². The van der Waals surface area contributed by atoms with Crippen LogP contribution in [0.15, 0.2) is 53.8 Å². The molecule has 1 N–H and O–H groups in total. The first kappa shape index (κ1) is 27.4. The molecule has 2 aromatic heterocycles. The zero-order valence-corrected chi connectivity index (χ0v) is 19.7. The Hall–Kier alpha value is -3.23.